The maximum atomic E-state index is 5.37. The van der Waals surface area contributed by atoms with Crippen LogP contribution in [0, 0.1) is 0 Å². The monoisotopic (exact) mass is 340 g/mol. The van der Waals surface area contributed by atoms with Gasteiger partial charge in [-0.15, -0.1) is 0 Å². The molecule has 0 aromatic carbocycles. The summed E-state index contributed by atoms with van der Waals surface area (Å²) < 4.78 is 15.9. The molecule has 0 aliphatic heterocycles. The van der Waals surface area contributed by atoms with Gasteiger partial charge >= 0.3 is 0 Å². The molecule has 0 saturated heterocycles. The number of hydrogen-bond acceptors (Lipinski definition) is 8. The third kappa shape index (κ3) is 16.2. The minimum atomic E-state index is 0.464. The van der Waals surface area contributed by atoms with E-state index in [1.54, 1.807) is 23.5 Å². The normalized spacial score (nSPS) is 10.6. The summed E-state index contributed by atoms with van der Waals surface area (Å²) in [6.45, 7) is 4.34. The Morgan fingerprint density at radius 2 is 1.29 bits per heavy atom. The molecule has 8 heteroatoms. The number of ether oxygens (including phenoxy) is 3. The van der Waals surface area contributed by atoms with Gasteiger partial charge in [0.1, 0.15) is 6.61 Å². The standard InChI is InChI=1S/C13H28N2O4S2/c1-20-11-13(12-21-2)15-19-10-9-18-8-7-17-6-5-16-4-3-14/h3-12,14H2,1-2H3. The van der Waals surface area contributed by atoms with Gasteiger partial charge in [0.15, 0.2) is 0 Å². The SMILES string of the molecule is CSCC(CSC)=NOCCOCCOCCOCCN. The van der Waals surface area contributed by atoms with Crippen LogP contribution >= 0.6 is 23.5 Å². The van der Waals surface area contributed by atoms with Gasteiger partial charge in [0.25, 0.3) is 0 Å². The number of rotatable bonds is 16. The Labute approximate surface area is 136 Å². The summed E-state index contributed by atoms with van der Waals surface area (Å²) in [7, 11) is 0. The van der Waals surface area contributed by atoms with Crippen molar-refractivity contribution in [2.45, 2.75) is 0 Å². The van der Waals surface area contributed by atoms with Gasteiger partial charge in [-0.2, -0.15) is 23.5 Å². The molecule has 0 aromatic heterocycles. The largest absolute Gasteiger partial charge is 0.393 e. The fourth-order valence-corrected chi connectivity index (χ4v) is 2.39. The molecule has 0 spiro atoms. The van der Waals surface area contributed by atoms with E-state index in [1.165, 1.54) is 0 Å². The lowest BCUT2D eigenvalue weighted by molar-refractivity contribution is -0.000333. The summed E-state index contributed by atoms with van der Waals surface area (Å²) >= 11 is 3.49. The Morgan fingerprint density at radius 3 is 1.76 bits per heavy atom. The molecule has 126 valence electrons. The fourth-order valence-electron chi connectivity index (χ4n) is 1.29. The number of oxime groups is 1. The Bertz CT molecular complexity index is 238. The molecule has 0 aliphatic rings. The third-order valence-corrected chi connectivity index (χ3v) is 3.38. The molecule has 0 saturated carbocycles. The van der Waals surface area contributed by atoms with Crippen LogP contribution in [-0.4, -0.2) is 82.5 Å². The molecule has 0 aliphatic carbocycles. The van der Waals surface area contributed by atoms with Crippen molar-refractivity contribution >= 4 is 29.2 Å². The van der Waals surface area contributed by atoms with E-state index in [4.69, 9.17) is 24.8 Å². The highest BCUT2D eigenvalue weighted by molar-refractivity contribution is 8.00. The van der Waals surface area contributed by atoms with Gasteiger partial charge in [0.05, 0.1) is 45.4 Å². The van der Waals surface area contributed by atoms with Crippen LogP contribution in [0.25, 0.3) is 0 Å². The quantitative estimate of drug-likeness (QED) is 0.256. The van der Waals surface area contributed by atoms with Crippen LogP contribution in [0.5, 0.6) is 0 Å². The van der Waals surface area contributed by atoms with Crippen LogP contribution in [0.1, 0.15) is 0 Å². The lowest BCUT2D eigenvalue weighted by atomic mass is 10.5. The van der Waals surface area contributed by atoms with Crippen molar-refractivity contribution in [3.05, 3.63) is 0 Å². The Hall–Kier alpha value is 0.01000. The van der Waals surface area contributed by atoms with E-state index in [2.05, 4.69) is 17.7 Å². The zero-order valence-electron chi connectivity index (χ0n) is 13.0. The third-order valence-electron chi connectivity index (χ3n) is 2.14. The first-order chi connectivity index (χ1) is 10.3. The second-order valence-corrected chi connectivity index (χ2v) is 5.71. The van der Waals surface area contributed by atoms with Crippen LogP contribution in [-0.2, 0) is 19.0 Å². The second kappa shape index (κ2) is 18.1. The van der Waals surface area contributed by atoms with Gasteiger partial charge in [-0.3, -0.25) is 0 Å². The zero-order valence-corrected chi connectivity index (χ0v) is 14.7. The highest BCUT2D eigenvalue weighted by atomic mass is 32.2. The van der Waals surface area contributed by atoms with E-state index < -0.39 is 0 Å². The smallest absolute Gasteiger partial charge is 0.140 e. The van der Waals surface area contributed by atoms with E-state index in [0.29, 0.717) is 52.8 Å². The van der Waals surface area contributed by atoms with Crippen molar-refractivity contribution in [2.75, 3.05) is 76.8 Å². The molecule has 0 unspecified atom stereocenters. The first-order valence-corrected chi connectivity index (χ1v) is 9.72. The molecule has 0 bridgehead atoms. The van der Waals surface area contributed by atoms with E-state index >= 15 is 0 Å². The van der Waals surface area contributed by atoms with E-state index in [9.17, 15) is 0 Å². The summed E-state index contributed by atoms with van der Waals surface area (Å²) in [4.78, 5) is 5.24. The number of thioether (sulfide) groups is 2. The van der Waals surface area contributed by atoms with Crippen molar-refractivity contribution in [1.29, 1.82) is 0 Å². The van der Waals surface area contributed by atoms with Crippen molar-refractivity contribution < 1.29 is 19.0 Å². The maximum Gasteiger partial charge on any atom is 0.140 e. The fraction of sp³-hybridized carbons (Fsp3) is 0.923. The highest BCUT2D eigenvalue weighted by Crippen LogP contribution is 2.01. The molecule has 0 fully saturated rings. The number of nitrogens with zero attached hydrogens (tertiary/aromatic N) is 1. The molecule has 0 rings (SSSR count). The Balaban J connectivity index is 3.29. The van der Waals surface area contributed by atoms with E-state index in [0.717, 1.165) is 17.2 Å². The molecule has 0 aromatic rings. The van der Waals surface area contributed by atoms with E-state index in [1.807, 2.05) is 0 Å². The van der Waals surface area contributed by atoms with Crippen molar-refractivity contribution in [2.24, 2.45) is 10.9 Å². The van der Waals surface area contributed by atoms with E-state index in [-0.39, 0.29) is 0 Å². The summed E-state index contributed by atoms with van der Waals surface area (Å²) in [6, 6.07) is 0. The average molecular weight is 341 g/mol. The summed E-state index contributed by atoms with van der Waals surface area (Å²) in [5.41, 5.74) is 6.36. The van der Waals surface area contributed by atoms with Crippen molar-refractivity contribution in [3.63, 3.8) is 0 Å². The van der Waals surface area contributed by atoms with Crippen LogP contribution in [0.2, 0.25) is 0 Å². The van der Waals surface area contributed by atoms with Crippen molar-refractivity contribution in [3.8, 4) is 0 Å². The molecule has 0 amide bonds. The number of nitrogens with two attached hydrogens (primary N) is 1. The van der Waals surface area contributed by atoms with Crippen LogP contribution < -0.4 is 5.73 Å². The minimum Gasteiger partial charge on any atom is -0.393 e. The lowest BCUT2D eigenvalue weighted by Gasteiger charge is -2.06. The molecule has 6 nitrogen and oxygen atoms in total. The maximum absolute atomic E-state index is 5.37. The molecular formula is C13H28N2O4S2. The Morgan fingerprint density at radius 1 is 0.810 bits per heavy atom. The number of hydrogen-bond donors (Lipinski definition) is 1. The van der Waals surface area contributed by atoms with Gasteiger partial charge in [0, 0.05) is 18.1 Å². The minimum absolute atomic E-state index is 0.464. The second-order valence-electron chi connectivity index (χ2n) is 3.98. The molecule has 21 heavy (non-hydrogen) atoms. The molecular weight excluding hydrogens is 312 g/mol. The summed E-state index contributed by atoms with van der Waals surface area (Å²) in [6.07, 6.45) is 4.11. The van der Waals surface area contributed by atoms with Crippen LogP contribution in [0.3, 0.4) is 0 Å². The van der Waals surface area contributed by atoms with Crippen LogP contribution in [0.15, 0.2) is 5.16 Å². The van der Waals surface area contributed by atoms with Gasteiger partial charge in [-0.05, 0) is 12.5 Å². The first-order valence-electron chi connectivity index (χ1n) is 6.94. The van der Waals surface area contributed by atoms with Gasteiger partial charge in [-0.1, -0.05) is 5.16 Å². The van der Waals surface area contributed by atoms with Gasteiger partial charge in [-0.25, -0.2) is 0 Å². The first kappa shape index (κ1) is 21.0. The summed E-state index contributed by atoms with van der Waals surface area (Å²) in [5.74, 6) is 1.81. The highest BCUT2D eigenvalue weighted by Gasteiger charge is 1.98. The van der Waals surface area contributed by atoms with Gasteiger partial charge < -0.3 is 24.8 Å². The predicted molar refractivity (Wildman–Crippen MR) is 91.7 cm³/mol. The lowest BCUT2D eigenvalue weighted by Crippen LogP contribution is -2.14. The Kier molecular flexibility index (Phi) is 18.1. The zero-order chi connectivity index (χ0) is 15.6. The molecule has 0 atom stereocenters. The molecule has 2 N–H and O–H groups in total. The van der Waals surface area contributed by atoms with Gasteiger partial charge in [0.2, 0.25) is 0 Å². The molecule has 0 heterocycles. The molecule has 0 radical (unpaired) electrons. The van der Waals surface area contributed by atoms with Crippen molar-refractivity contribution in [1.82, 2.24) is 0 Å². The predicted octanol–water partition coefficient (Wildman–Crippen LogP) is 1.09. The topological polar surface area (TPSA) is 75.3 Å². The summed E-state index contributed by atoms with van der Waals surface area (Å²) in [5, 5.41) is 4.12. The van der Waals surface area contributed by atoms with Crippen LogP contribution in [0.4, 0.5) is 0 Å². The average Bonchev–Trinajstić information content (AvgIpc) is 2.48.